The standard InChI is InChI=1S/C14H17FN2O2S/c1-10-6-7-17(11(2)8-10)20(18,19)14-5-3-4-13(15)12(14)9-16/h3-5,10-11H,6-8H2,1-2H3. The highest BCUT2D eigenvalue weighted by Gasteiger charge is 2.35. The molecule has 0 amide bonds. The van der Waals surface area contributed by atoms with Crippen LogP contribution in [0.3, 0.4) is 0 Å². The highest BCUT2D eigenvalue weighted by Crippen LogP contribution is 2.29. The first-order valence-electron chi connectivity index (χ1n) is 6.58. The molecule has 0 aliphatic carbocycles. The Kier molecular flexibility index (Phi) is 4.11. The van der Waals surface area contributed by atoms with Crippen LogP contribution in [0.2, 0.25) is 0 Å². The van der Waals surface area contributed by atoms with Crippen LogP contribution in [0, 0.1) is 23.1 Å². The molecule has 0 N–H and O–H groups in total. The number of nitriles is 1. The molecule has 0 aromatic heterocycles. The van der Waals surface area contributed by atoms with Crippen LogP contribution in [0.25, 0.3) is 0 Å². The molecular formula is C14H17FN2O2S. The lowest BCUT2D eigenvalue weighted by Gasteiger charge is -2.35. The third-order valence-electron chi connectivity index (χ3n) is 3.75. The van der Waals surface area contributed by atoms with Crippen molar-refractivity contribution < 1.29 is 12.8 Å². The zero-order valence-corrected chi connectivity index (χ0v) is 12.3. The number of rotatable bonds is 2. The minimum absolute atomic E-state index is 0.140. The van der Waals surface area contributed by atoms with Crippen LogP contribution in [0.5, 0.6) is 0 Å². The predicted octanol–water partition coefficient (Wildman–Crippen LogP) is 2.51. The molecule has 2 rings (SSSR count). The Labute approximate surface area is 118 Å². The topological polar surface area (TPSA) is 61.2 Å². The smallest absolute Gasteiger partial charge is 0.207 e. The average molecular weight is 296 g/mol. The second kappa shape index (κ2) is 5.51. The van der Waals surface area contributed by atoms with Gasteiger partial charge in [0.1, 0.15) is 22.3 Å². The Hall–Kier alpha value is -1.45. The van der Waals surface area contributed by atoms with Crippen molar-refractivity contribution in [1.82, 2.24) is 4.31 Å². The van der Waals surface area contributed by atoms with Crippen molar-refractivity contribution in [2.75, 3.05) is 6.54 Å². The van der Waals surface area contributed by atoms with Gasteiger partial charge in [0.2, 0.25) is 10.0 Å². The number of piperidine rings is 1. The molecule has 1 heterocycles. The van der Waals surface area contributed by atoms with Crippen LogP contribution in [-0.2, 0) is 10.0 Å². The van der Waals surface area contributed by atoms with Gasteiger partial charge in [0.25, 0.3) is 0 Å². The summed E-state index contributed by atoms with van der Waals surface area (Å²) >= 11 is 0. The second-order valence-corrected chi connectivity index (χ2v) is 7.18. The van der Waals surface area contributed by atoms with Crippen LogP contribution < -0.4 is 0 Å². The van der Waals surface area contributed by atoms with Gasteiger partial charge in [-0.3, -0.25) is 0 Å². The van der Waals surface area contributed by atoms with Gasteiger partial charge in [-0.15, -0.1) is 0 Å². The van der Waals surface area contributed by atoms with Crippen LogP contribution in [-0.4, -0.2) is 25.3 Å². The predicted molar refractivity (Wildman–Crippen MR) is 72.9 cm³/mol. The van der Waals surface area contributed by atoms with Gasteiger partial charge in [-0.05, 0) is 37.8 Å². The summed E-state index contributed by atoms with van der Waals surface area (Å²) in [7, 11) is -3.83. The molecule has 4 nitrogen and oxygen atoms in total. The van der Waals surface area contributed by atoms with E-state index in [-0.39, 0.29) is 10.9 Å². The largest absolute Gasteiger partial charge is 0.244 e. The Morgan fingerprint density at radius 3 is 2.70 bits per heavy atom. The molecule has 1 aliphatic rings. The minimum atomic E-state index is -3.83. The lowest BCUT2D eigenvalue weighted by Crippen LogP contribution is -2.44. The van der Waals surface area contributed by atoms with Crippen molar-refractivity contribution in [1.29, 1.82) is 5.26 Å². The van der Waals surface area contributed by atoms with Crippen LogP contribution in [0.4, 0.5) is 4.39 Å². The van der Waals surface area contributed by atoms with Crippen molar-refractivity contribution in [2.45, 2.75) is 37.6 Å². The molecule has 0 radical (unpaired) electrons. The fourth-order valence-corrected chi connectivity index (χ4v) is 4.51. The number of sulfonamides is 1. The fraction of sp³-hybridized carbons (Fsp3) is 0.500. The minimum Gasteiger partial charge on any atom is -0.207 e. The van der Waals surface area contributed by atoms with Gasteiger partial charge in [-0.2, -0.15) is 9.57 Å². The third kappa shape index (κ3) is 2.56. The maximum absolute atomic E-state index is 13.6. The van der Waals surface area contributed by atoms with Gasteiger partial charge >= 0.3 is 0 Å². The number of halogens is 1. The number of benzene rings is 1. The van der Waals surface area contributed by atoms with E-state index in [1.54, 1.807) is 6.07 Å². The van der Waals surface area contributed by atoms with Crippen molar-refractivity contribution in [3.05, 3.63) is 29.6 Å². The number of nitrogens with zero attached hydrogens (tertiary/aromatic N) is 2. The van der Waals surface area contributed by atoms with E-state index in [0.717, 1.165) is 18.9 Å². The van der Waals surface area contributed by atoms with E-state index in [2.05, 4.69) is 6.92 Å². The molecule has 20 heavy (non-hydrogen) atoms. The SMILES string of the molecule is CC1CCN(S(=O)(=O)c2cccc(F)c2C#N)C(C)C1. The van der Waals surface area contributed by atoms with Gasteiger partial charge in [0.05, 0.1) is 0 Å². The van der Waals surface area contributed by atoms with Gasteiger partial charge in [-0.25, -0.2) is 12.8 Å². The van der Waals surface area contributed by atoms with E-state index in [9.17, 15) is 12.8 Å². The van der Waals surface area contributed by atoms with E-state index in [4.69, 9.17) is 5.26 Å². The maximum Gasteiger partial charge on any atom is 0.244 e. The van der Waals surface area contributed by atoms with E-state index >= 15 is 0 Å². The molecule has 2 atom stereocenters. The normalized spacial score (nSPS) is 24.3. The number of hydrogen-bond acceptors (Lipinski definition) is 3. The lowest BCUT2D eigenvalue weighted by atomic mass is 9.95. The Morgan fingerprint density at radius 2 is 2.10 bits per heavy atom. The maximum atomic E-state index is 13.6. The van der Waals surface area contributed by atoms with Crippen LogP contribution in [0.15, 0.2) is 23.1 Å². The molecule has 6 heteroatoms. The van der Waals surface area contributed by atoms with Gasteiger partial charge in [0.15, 0.2) is 0 Å². The summed E-state index contributed by atoms with van der Waals surface area (Å²) in [5, 5.41) is 9.00. The molecular weight excluding hydrogens is 279 g/mol. The quantitative estimate of drug-likeness (QED) is 0.842. The lowest BCUT2D eigenvalue weighted by molar-refractivity contribution is 0.220. The summed E-state index contributed by atoms with van der Waals surface area (Å²) in [5.74, 6) is -0.328. The first-order valence-corrected chi connectivity index (χ1v) is 8.02. The second-order valence-electron chi connectivity index (χ2n) is 5.32. The number of hydrogen-bond donors (Lipinski definition) is 0. The molecule has 0 spiro atoms. The van der Waals surface area contributed by atoms with Crippen molar-refractivity contribution in [3.63, 3.8) is 0 Å². The van der Waals surface area contributed by atoms with Crippen molar-refractivity contribution in [2.24, 2.45) is 5.92 Å². The van der Waals surface area contributed by atoms with E-state index < -0.39 is 21.4 Å². The van der Waals surface area contributed by atoms with E-state index in [0.29, 0.717) is 12.5 Å². The summed E-state index contributed by atoms with van der Waals surface area (Å²) in [6.07, 6.45) is 1.55. The van der Waals surface area contributed by atoms with Gasteiger partial charge in [-0.1, -0.05) is 13.0 Å². The first kappa shape index (κ1) is 14.9. The summed E-state index contributed by atoms with van der Waals surface area (Å²) in [6, 6.07) is 5.22. The zero-order chi connectivity index (χ0) is 14.9. The monoisotopic (exact) mass is 296 g/mol. The van der Waals surface area contributed by atoms with Crippen molar-refractivity contribution in [3.8, 4) is 6.07 Å². The molecule has 1 saturated heterocycles. The first-order chi connectivity index (χ1) is 9.37. The Morgan fingerprint density at radius 1 is 1.40 bits per heavy atom. The van der Waals surface area contributed by atoms with E-state index in [1.165, 1.54) is 16.4 Å². The average Bonchev–Trinajstić information content (AvgIpc) is 2.37. The summed E-state index contributed by atoms with van der Waals surface area (Å²) in [5.41, 5.74) is -0.404. The third-order valence-corrected chi connectivity index (χ3v) is 5.81. The summed E-state index contributed by atoms with van der Waals surface area (Å²) < 4.78 is 40.3. The van der Waals surface area contributed by atoms with E-state index in [1.807, 2.05) is 6.92 Å². The molecule has 1 aromatic carbocycles. The summed E-state index contributed by atoms with van der Waals surface area (Å²) in [6.45, 7) is 4.34. The van der Waals surface area contributed by atoms with Gasteiger partial charge < -0.3 is 0 Å². The fourth-order valence-electron chi connectivity index (χ4n) is 2.70. The summed E-state index contributed by atoms with van der Waals surface area (Å²) in [4.78, 5) is -0.235. The molecule has 0 bridgehead atoms. The van der Waals surface area contributed by atoms with Crippen LogP contribution >= 0.6 is 0 Å². The Bertz CT molecular complexity index is 652. The molecule has 1 fully saturated rings. The Balaban J connectivity index is 2.47. The molecule has 1 aliphatic heterocycles. The highest BCUT2D eigenvalue weighted by atomic mass is 32.2. The molecule has 2 unspecified atom stereocenters. The molecule has 1 aromatic rings. The van der Waals surface area contributed by atoms with Crippen molar-refractivity contribution >= 4 is 10.0 Å². The molecule has 108 valence electrons. The molecule has 0 saturated carbocycles. The zero-order valence-electron chi connectivity index (χ0n) is 11.5. The van der Waals surface area contributed by atoms with Gasteiger partial charge in [0, 0.05) is 12.6 Å². The highest BCUT2D eigenvalue weighted by molar-refractivity contribution is 7.89. The van der Waals surface area contributed by atoms with Crippen LogP contribution in [0.1, 0.15) is 32.3 Å².